The topological polar surface area (TPSA) is 64.6 Å². The van der Waals surface area contributed by atoms with Gasteiger partial charge in [0, 0.05) is 40.8 Å². The third kappa shape index (κ3) is 3.66. The lowest BCUT2D eigenvalue weighted by atomic mass is 10.1. The molecular formula is C22H22ClN5. The van der Waals surface area contributed by atoms with Gasteiger partial charge in [-0.05, 0) is 35.9 Å². The maximum atomic E-state index is 4.50. The molecule has 3 heterocycles. The van der Waals surface area contributed by atoms with E-state index in [1.165, 1.54) is 10.9 Å². The standard InChI is InChI=1S/C22H21N5.ClH/c1-4-16(21-23-9-10-24-21)5-2-15(1)3-7-19-14-18-13-17(6-8-20(18)27-19)22-25-11-12-26-22;/h1-8,13-14,27H,9-12H2,(H,23,24)(H,25,26);1H/b7-3+;. The van der Waals surface area contributed by atoms with Crippen molar-refractivity contribution in [2.75, 3.05) is 26.2 Å². The largest absolute Gasteiger partial charge is 0.368 e. The van der Waals surface area contributed by atoms with Crippen LogP contribution >= 0.6 is 12.4 Å². The number of amidine groups is 2. The van der Waals surface area contributed by atoms with Crippen LogP contribution in [0.1, 0.15) is 22.4 Å². The summed E-state index contributed by atoms with van der Waals surface area (Å²) < 4.78 is 0. The van der Waals surface area contributed by atoms with Gasteiger partial charge in [0.1, 0.15) is 11.7 Å². The van der Waals surface area contributed by atoms with Crippen molar-refractivity contribution >= 4 is 47.1 Å². The van der Waals surface area contributed by atoms with Crippen LogP contribution in [0.5, 0.6) is 0 Å². The van der Waals surface area contributed by atoms with Gasteiger partial charge < -0.3 is 15.6 Å². The van der Waals surface area contributed by atoms with Crippen molar-refractivity contribution in [3.05, 3.63) is 70.9 Å². The first kappa shape index (κ1) is 18.3. The van der Waals surface area contributed by atoms with Crippen LogP contribution in [-0.2, 0) is 0 Å². The predicted molar refractivity (Wildman–Crippen MR) is 120 cm³/mol. The lowest BCUT2D eigenvalue weighted by molar-refractivity contribution is 0.960. The third-order valence-corrected chi connectivity index (χ3v) is 4.90. The lowest BCUT2D eigenvalue weighted by Gasteiger charge is -2.02. The molecule has 6 heteroatoms. The highest BCUT2D eigenvalue weighted by atomic mass is 35.5. The van der Waals surface area contributed by atoms with E-state index in [9.17, 15) is 0 Å². The summed E-state index contributed by atoms with van der Waals surface area (Å²) in [4.78, 5) is 12.4. The van der Waals surface area contributed by atoms with Gasteiger partial charge in [-0.25, -0.2) is 0 Å². The van der Waals surface area contributed by atoms with Gasteiger partial charge in [-0.1, -0.05) is 30.3 Å². The number of hydrogen-bond donors (Lipinski definition) is 3. The minimum atomic E-state index is 0. The number of aliphatic imine (C=N–C) groups is 2. The molecule has 1 aromatic heterocycles. The summed E-state index contributed by atoms with van der Waals surface area (Å²) in [5.74, 6) is 2.00. The molecule has 3 N–H and O–H groups in total. The Balaban J connectivity index is 0.00000192. The lowest BCUT2D eigenvalue weighted by Crippen LogP contribution is -2.19. The minimum absolute atomic E-state index is 0. The molecule has 0 spiro atoms. The number of nitrogens with one attached hydrogen (secondary N) is 3. The molecule has 5 nitrogen and oxygen atoms in total. The van der Waals surface area contributed by atoms with E-state index in [4.69, 9.17) is 0 Å². The Morgan fingerprint density at radius 3 is 2.11 bits per heavy atom. The number of fused-ring (bicyclic) bond motifs is 1. The monoisotopic (exact) mass is 391 g/mol. The van der Waals surface area contributed by atoms with E-state index in [1.54, 1.807) is 0 Å². The van der Waals surface area contributed by atoms with Crippen molar-refractivity contribution in [1.29, 1.82) is 0 Å². The fourth-order valence-corrected chi connectivity index (χ4v) is 3.51. The number of benzene rings is 2. The Kier molecular flexibility index (Phi) is 5.17. The molecule has 3 aromatic rings. The van der Waals surface area contributed by atoms with Crippen molar-refractivity contribution in [3.8, 4) is 0 Å². The number of aromatic nitrogens is 1. The highest BCUT2D eigenvalue weighted by Gasteiger charge is 2.09. The van der Waals surface area contributed by atoms with Crippen LogP contribution in [-0.4, -0.2) is 42.8 Å². The fraction of sp³-hybridized carbons (Fsp3) is 0.182. The Morgan fingerprint density at radius 2 is 1.43 bits per heavy atom. The molecule has 0 amide bonds. The average molecular weight is 392 g/mol. The number of rotatable bonds is 4. The first-order chi connectivity index (χ1) is 13.3. The number of H-pyrrole nitrogens is 1. The summed E-state index contributed by atoms with van der Waals surface area (Å²) in [5.41, 5.74) is 5.69. The molecule has 5 rings (SSSR count). The molecule has 0 aliphatic carbocycles. The summed E-state index contributed by atoms with van der Waals surface area (Å²) >= 11 is 0. The number of halogens is 1. The van der Waals surface area contributed by atoms with E-state index in [0.29, 0.717) is 0 Å². The van der Waals surface area contributed by atoms with Crippen molar-refractivity contribution in [3.63, 3.8) is 0 Å². The summed E-state index contributed by atoms with van der Waals surface area (Å²) in [6, 6.07) is 17.1. The van der Waals surface area contributed by atoms with E-state index < -0.39 is 0 Å². The number of aromatic amines is 1. The average Bonchev–Trinajstić information content (AvgIpc) is 3.47. The first-order valence-corrected chi connectivity index (χ1v) is 9.33. The van der Waals surface area contributed by atoms with Crippen LogP contribution in [0.15, 0.2) is 58.5 Å². The highest BCUT2D eigenvalue weighted by Crippen LogP contribution is 2.20. The molecule has 0 radical (unpaired) electrons. The molecule has 0 saturated heterocycles. The Bertz CT molecular complexity index is 1080. The number of nitrogens with zero attached hydrogens (tertiary/aromatic N) is 2. The SMILES string of the molecule is C(=C\c1cc2cc(C3=NCCN3)ccc2[nH]1)/c1ccc(C2=NCCN2)cc1.Cl. The molecule has 2 aliphatic rings. The molecule has 0 unspecified atom stereocenters. The molecule has 0 fully saturated rings. The fourth-order valence-electron chi connectivity index (χ4n) is 3.51. The zero-order valence-corrected chi connectivity index (χ0v) is 16.2. The molecule has 142 valence electrons. The van der Waals surface area contributed by atoms with Crippen molar-refractivity contribution in [2.45, 2.75) is 0 Å². The zero-order valence-electron chi connectivity index (χ0n) is 15.4. The van der Waals surface area contributed by atoms with Crippen molar-refractivity contribution in [1.82, 2.24) is 15.6 Å². The molecule has 2 aliphatic heterocycles. The summed E-state index contributed by atoms with van der Waals surface area (Å²) in [6.07, 6.45) is 4.24. The van der Waals surface area contributed by atoms with E-state index in [1.807, 2.05) is 0 Å². The quantitative estimate of drug-likeness (QED) is 0.637. The summed E-state index contributed by atoms with van der Waals surface area (Å²) in [7, 11) is 0. The maximum absolute atomic E-state index is 4.50. The maximum Gasteiger partial charge on any atom is 0.128 e. The minimum Gasteiger partial charge on any atom is -0.368 e. The zero-order chi connectivity index (χ0) is 18.1. The molecule has 0 atom stereocenters. The van der Waals surface area contributed by atoms with Crippen LogP contribution < -0.4 is 10.6 Å². The van der Waals surface area contributed by atoms with Gasteiger partial charge in [0.2, 0.25) is 0 Å². The van der Waals surface area contributed by atoms with Crippen molar-refractivity contribution < 1.29 is 0 Å². The molecule has 28 heavy (non-hydrogen) atoms. The summed E-state index contributed by atoms with van der Waals surface area (Å²) in [6.45, 7) is 3.58. The summed E-state index contributed by atoms with van der Waals surface area (Å²) in [5, 5.41) is 7.83. The number of hydrogen-bond acceptors (Lipinski definition) is 4. The third-order valence-electron chi connectivity index (χ3n) is 4.90. The molecule has 0 saturated carbocycles. The van der Waals surface area contributed by atoms with Gasteiger partial charge in [0.15, 0.2) is 0 Å². The first-order valence-electron chi connectivity index (χ1n) is 9.33. The Labute approximate surface area is 170 Å². The smallest absolute Gasteiger partial charge is 0.128 e. The van der Waals surface area contributed by atoms with E-state index in [0.717, 1.165) is 60.2 Å². The van der Waals surface area contributed by atoms with Crippen LogP contribution in [0, 0.1) is 0 Å². The van der Waals surface area contributed by atoms with Crippen LogP contribution in [0.3, 0.4) is 0 Å². The van der Waals surface area contributed by atoms with Crippen molar-refractivity contribution in [2.24, 2.45) is 9.98 Å². The van der Waals surface area contributed by atoms with Crippen LogP contribution in [0.4, 0.5) is 0 Å². The van der Waals surface area contributed by atoms with Gasteiger partial charge in [-0.3, -0.25) is 9.98 Å². The van der Waals surface area contributed by atoms with E-state index in [-0.39, 0.29) is 12.4 Å². The van der Waals surface area contributed by atoms with Gasteiger partial charge in [0.25, 0.3) is 0 Å². The molecule has 0 bridgehead atoms. The highest BCUT2D eigenvalue weighted by molar-refractivity contribution is 6.03. The predicted octanol–water partition coefficient (Wildman–Crippen LogP) is 3.46. The van der Waals surface area contributed by atoms with Gasteiger partial charge in [-0.15, -0.1) is 12.4 Å². The second-order valence-corrected chi connectivity index (χ2v) is 6.80. The van der Waals surface area contributed by atoms with Gasteiger partial charge in [0.05, 0.1) is 13.1 Å². The van der Waals surface area contributed by atoms with Gasteiger partial charge in [-0.2, -0.15) is 0 Å². The molecular weight excluding hydrogens is 370 g/mol. The normalized spacial score (nSPS) is 15.9. The second kappa shape index (κ2) is 7.90. The van der Waals surface area contributed by atoms with Crippen LogP contribution in [0.25, 0.3) is 23.1 Å². The molecule has 2 aromatic carbocycles. The van der Waals surface area contributed by atoms with E-state index in [2.05, 4.69) is 86.3 Å². The Morgan fingerprint density at radius 1 is 0.750 bits per heavy atom. The van der Waals surface area contributed by atoms with Crippen LogP contribution in [0.2, 0.25) is 0 Å². The second-order valence-electron chi connectivity index (χ2n) is 6.80. The Hall–Kier alpha value is -3.05. The van der Waals surface area contributed by atoms with Gasteiger partial charge >= 0.3 is 0 Å². The van der Waals surface area contributed by atoms with E-state index >= 15 is 0 Å².